The Labute approximate surface area is 159 Å². The van der Waals surface area contributed by atoms with E-state index in [-0.39, 0.29) is 16.2 Å². The molecule has 0 aliphatic carbocycles. The summed E-state index contributed by atoms with van der Waals surface area (Å²) in [6, 6.07) is 10.5. The summed E-state index contributed by atoms with van der Waals surface area (Å²) in [5.41, 5.74) is 2.23. The maximum absolute atomic E-state index is 13.5. The van der Waals surface area contributed by atoms with Crippen LogP contribution in [0.15, 0.2) is 47.4 Å². The highest BCUT2D eigenvalue weighted by atomic mass is 32.2. The second-order valence-corrected chi connectivity index (χ2v) is 11.3. The molecule has 0 amide bonds. The van der Waals surface area contributed by atoms with Crippen LogP contribution in [0.2, 0.25) is 0 Å². The lowest BCUT2D eigenvalue weighted by Crippen LogP contribution is -2.43. The normalized spacial score (nSPS) is 22.0. The molecule has 0 spiro atoms. The molecule has 2 aromatic carbocycles. The highest BCUT2D eigenvalue weighted by Crippen LogP contribution is 2.27. The summed E-state index contributed by atoms with van der Waals surface area (Å²) >= 11 is 0. The van der Waals surface area contributed by atoms with Gasteiger partial charge in [-0.25, -0.2) is 21.2 Å². The van der Waals surface area contributed by atoms with Crippen molar-refractivity contribution in [3.63, 3.8) is 0 Å². The molecule has 0 bridgehead atoms. The second-order valence-electron chi connectivity index (χ2n) is 6.99. The van der Waals surface area contributed by atoms with Gasteiger partial charge in [-0.2, -0.15) is 0 Å². The van der Waals surface area contributed by atoms with Crippen LogP contribution in [-0.4, -0.2) is 39.6 Å². The molecule has 1 aliphatic rings. The maximum Gasteiger partial charge on any atom is 0.183 e. The van der Waals surface area contributed by atoms with E-state index in [1.54, 1.807) is 0 Å². The van der Waals surface area contributed by atoms with Crippen LogP contribution in [-0.2, 0) is 26.2 Å². The molecule has 5 nitrogen and oxygen atoms in total. The average molecular weight is 412 g/mol. The Morgan fingerprint density at radius 1 is 1.07 bits per heavy atom. The molecule has 2 aromatic rings. The van der Waals surface area contributed by atoms with Crippen molar-refractivity contribution in [1.82, 2.24) is 5.32 Å². The molecular formula is C19H22FNO4S2. The van der Waals surface area contributed by atoms with Gasteiger partial charge in [-0.3, -0.25) is 0 Å². The number of sulfone groups is 2. The maximum atomic E-state index is 13.5. The molecule has 1 saturated heterocycles. The zero-order valence-corrected chi connectivity index (χ0v) is 16.8. The van der Waals surface area contributed by atoms with E-state index in [1.165, 1.54) is 19.1 Å². The molecular weight excluding hydrogens is 389 g/mol. The van der Waals surface area contributed by atoms with Crippen LogP contribution in [0.25, 0.3) is 0 Å². The SMILES string of the molecule is Cc1cc(S(=O)(=O)C2CS(=O)(=O)CC2NCc2ccccc2C)ccc1F. The molecule has 2 atom stereocenters. The number of benzene rings is 2. The molecule has 0 saturated carbocycles. The van der Waals surface area contributed by atoms with Gasteiger partial charge in [0.1, 0.15) is 5.82 Å². The zero-order chi connectivity index (χ0) is 19.8. The Bertz CT molecular complexity index is 1060. The third-order valence-corrected chi connectivity index (χ3v) is 9.12. The third-order valence-electron chi connectivity index (χ3n) is 4.97. The summed E-state index contributed by atoms with van der Waals surface area (Å²) in [5.74, 6) is -1.16. The predicted octanol–water partition coefficient (Wildman–Crippen LogP) is 2.17. The van der Waals surface area contributed by atoms with Gasteiger partial charge in [-0.1, -0.05) is 24.3 Å². The minimum atomic E-state index is -3.92. The van der Waals surface area contributed by atoms with E-state index in [9.17, 15) is 21.2 Å². The Kier molecular flexibility index (Phi) is 5.42. The largest absolute Gasteiger partial charge is 0.308 e. The van der Waals surface area contributed by atoms with Gasteiger partial charge >= 0.3 is 0 Å². The van der Waals surface area contributed by atoms with Gasteiger partial charge in [-0.05, 0) is 48.7 Å². The van der Waals surface area contributed by atoms with E-state index in [1.807, 2.05) is 31.2 Å². The van der Waals surface area contributed by atoms with Crippen LogP contribution >= 0.6 is 0 Å². The molecule has 3 rings (SSSR count). The van der Waals surface area contributed by atoms with Crippen molar-refractivity contribution in [2.45, 2.75) is 36.6 Å². The smallest absolute Gasteiger partial charge is 0.183 e. The van der Waals surface area contributed by atoms with Gasteiger partial charge in [0.15, 0.2) is 19.7 Å². The van der Waals surface area contributed by atoms with Crippen molar-refractivity contribution in [3.8, 4) is 0 Å². The van der Waals surface area contributed by atoms with Gasteiger partial charge in [-0.15, -0.1) is 0 Å². The van der Waals surface area contributed by atoms with Gasteiger partial charge in [0, 0.05) is 12.6 Å². The minimum absolute atomic E-state index is 0.0498. The first kappa shape index (κ1) is 20.0. The fourth-order valence-corrected chi connectivity index (χ4v) is 8.13. The predicted molar refractivity (Wildman–Crippen MR) is 103 cm³/mol. The Hall–Kier alpha value is -1.77. The summed E-state index contributed by atoms with van der Waals surface area (Å²) in [6.07, 6.45) is 0. The van der Waals surface area contributed by atoms with E-state index >= 15 is 0 Å². The van der Waals surface area contributed by atoms with Crippen molar-refractivity contribution in [1.29, 1.82) is 0 Å². The lowest BCUT2D eigenvalue weighted by Gasteiger charge is -2.21. The number of halogens is 1. The van der Waals surface area contributed by atoms with Gasteiger partial charge < -0.3 is 5.32 Å². The quantitative estimate of drug-likeness (QED) is 0.763. The summed E-state index contributed by atoms with van der Waals surface area (Å²) in [7, 11) is -7.41. The lowest BCUT2D eigenvalue weighted by molar-refractivity contribution is 0.525. The molecule has 1 fully saturated rings. The first-order valence-electron chi connectivity index (χ1n) is 8.58. The van der Waals surface area contributed by atoms with Crippen LogP contribution in [0.4, 0.5) is 4.39 Å². The summed E-state index contributed by atoms with van der Waals surface area (Å²) in [5, 5.41) is 2.01. The average Bonchev–Trinajstić information content (AvgIpc) is 2.92. The van der Waals surface area contributed by atoms with Crippen LogP contribution in [0, 0.1) is 19.7 Å². The van der Waals surface area contributed by atoms with Crippen LogP contribution < -0.4 is 5.32 Å². The van der Waals surface area contributed by atoms with Crippen molar-refractivity contribution in [2.24, 2.45) is 0 Å². The zero-order valence-electron chi connectivity index (χ0n) is 15.1. The first-order chi connectivity index (χ1) is 12.6. The molecule has 8 heteroatoms. The fraction of sp³-hybridized carbons (Fsp3) is 0.368. The monoisotopic (exact) mass is 411 g/mol. The second kappa shape index (κ2) is 7.33. The molecule has 146 valence electrons. The fourth-order valence-electron chi connectivity index (χ4n) is 3.33. The summed E-state index contributed by atoms with van der Waals surface area (Å²) in [4.78, 5) is -0.0498. The van der Waals surface area contributed by atoms with Crippen LogP contribution in [0.5, 0.6) is 0 Å². The third kappa shape index (κ3) is 4.23. The number of hydrogen-bond acceptors (Lipinski definition) is 5. The van der Waals surface area contributed by atoms with E-state index in [0.717, 1.165) is 17.2 Å². The summed E-state index contributed by atoms with van der Waals surface area (Å²) in [6.45, 7) is 3.80. The van der Waals surface area contributed by atoms with Gasteiger partial charge in [0.25, 0.3) is 0 Å². The molecule has 27 heavy (non-hydrogen) atoms. The molecule has 1 N–H and O–H groups in total. The molecule has 0 aromatic heterocycles. The van der Waals surface area contributed by atoms with Crippen molar-refractivity contribution >= 4 is 19.7 Å². The van der Waals surface area contributed by atoms with E-state index < -0.39 is 42.5 Å². The number of nitrogens with one attached hydrogen (secondary N) is 1. The molecule has 1 heterocycles. The lowest BCUT2D eigenvalue weighted by atomic mass is 10.1. The highest BCUT2D eigenvalue weighted by Gasteiger charge is 2.45. The van der Waals surface area contributed by atoms with Crippen molar-refractivity contribution in [2.75, 3.05) is 11.5 Å². The summed E-state index contributed by atoms with van der Waals surface area (Å²) < 4.78 is 63.9. The van der Waals surface area contributed by atoms with E-state index in [2.05, 4.69) is 5.32 Å². The number of hydrogen-bond donors (Lipinski definition) is 1. The van der Waals surface area contributed by atoms with E-state index in [0.29, 0.717) is 6.54 Å². The Morgan fingerprint density at radius 3 is 2.44 bits per heavy atom. The Morgan fingerprint density at radius 2 is 1.78 bits per heavy atom. The highest BCUT2D eigenvalue weighted by molar-refractivity contribution is 7.96. The van der Waals surface area contributed by atoms with Crippen molar-refractivity contribution in [3.05, 3.63) is 65.0 Å². The van der Waals surface area contributed by atoms with Crippen molar-refractivity contribution < 1.29 is 21.2 Å². The molecule has 1 aliphatic heterocycles. The van der Waals surface area contributed by atoms with Crippen LogP contribution in [0.1, 0.15) is 16.7 Å². The molecule has 2 unspecified atom stereocenters. The van der Waals surface area contributed by atoms with E-state index in [4.69, 9.17) is 0 Å². The topological polar surface area (TPSA) is 80.3 Å². The number of aryl methyl sites for hydroxylation is 2. The standard InChI is InChI=1S/C19H22FNO4S2/c1-13-5-3-4-6-15(13)10-21-18-11-26(22,23)12-19(18)27(24,25)16-7-8-17(20)14(2)9-16/h3-9,18-19,21H,10-12H2,1-2H3. The minimum Gasteiger partial charge on any atom is -0.308 e. The Balaban J connectivity index is 1.89. The van der Waals surface area contributed by atoms with Gasteiger partial charge in [0.2, 0.25) is 0 Å². The van der Waals surface area contributed by atoms with Gasteiger partial charge in [0.05, 0.1) is 21.7 Å². The molecule has 0 radical (unpaired) electrons. The van der Waals surface area contributed by atoms with Crippen LogP contribution in [0.3, 0.4) is 0 Å². The number of rotatable bonds is 5. The first-order valence-corrected chi connectivity index (χ1v) is 12.0.